The first-order valence-corrected chi connectivity index (χ1v) is 5.11. The van der Waals surface area contributed by atoms with Gasteiger partial charge in [0.2, 0.25) is 0 Å². The number of aromatic nitrogens is 2. The van der Waals surface area contributed by atoms with Gasteiger partial charge in [0.05, 0.1) is 24.9 Å². The molecule has 0 aromatic carbocycles. The summed E-state index contributed by atoms with van der Waals surface area (Å²) < 4.78 is 1.84. The minimum absolute atomic E-state index is 0.0919. The Morgan fingerprint density at radius 1 is 1.47 bits per heavy atom. The molecule has 0 saturated carbocycles. The second kappa shape index (κ2) is 5.25. The smallest absolute Gasteiger partial charge is 0.0633 e. The van der Waals surface area contributed by atoms with Crippen molar-refractivity contribution in [1.29, 1.82) is 0 Å². The van der Waals surface area contributed by atoms with Crippen molar-refractivity contribution in [1.82, 2.24) is 15.1 Å². The second-order valence-corrected chi connectivity index (χ2v) is 3.93. The minimum Gasteiger partial charge on any atom is -0.394 e. The Kier molecular flexibility index (Phi) is 4.26. The van der Waals surface area contributed by atoms with Gasteiger partial charge in [-0.2, -0.15) is 5.10 Å². The van der Waals surface area contributed by atoms with Crippen molar-refractivity contribution in [3.63, 3.8) is 0 Å². The Morgan fingerprint density at radius 2 is 2.13 bits per heavy atom. The van der Waals surface area contributed by atoms with E-state index >= 15 is 0 Å². The lowest BCUT2D eigenvalue weighted by Gasteiger charge is -2.25. The van der Waals surface area contributed by atoms with Crippen molar-refractivity contribution in [2.45, 2.75) is 32.5 Å². The number of nitrogens with zero attached hydrogens (tertiary/aromatic N) is 2. The SMILES string of the molecule is CCn1cc(CNC(C)(CO)CO)cn1. The summed E-state index contributed by atoms with van der Waals surface area (Å²) >= 11 is 0. The summed E-state index contributed by atoms with van der Waals surface area (Å²) in [6.45, 7) is 5.05. The predicted octanol–water partition coefficient (Wildman–Crippen LogP) is -0.264. The molecule has 0 unspecified atom stereocenters. The molecule has 0 saturated heterocycles. The first kappa shape index (κ1) is 12.2. The molecule has 0 aliphatic rings. The van der Waals surface area contributed by atoms with Gasteiger partial charge in [-0.25, -0.2) is 0 Å². The van der Waals surface area contributed by atoms with Crippen molar-refractivity contribution in [2.75, 3.05) is 13.2 Å². The minimum atomic E-state index is -0.631. The zero-order valence-electron chi connectivity index (χ0n) is 9.27. The highest BCUT2D eigenvalue weighted by Crippen LogP contribution is 2.04. The molecular formula is C10H19N3O2. The molecule has 0 fully saturated rings. The number of hydrogen-bond donors (Lipinski definition) is 3. The van der Waals surface area contributed by atoms with Gasteiger partial charge in [-0.15, -0.1) is 0 Å². The maximum atomic E-state index is 9.07. The molecule has 5 heteroatoms. The molecule has 1 rings (SSSR count). The standard InChI is InChI=1S/C10H19N3O2/c1-3-13-6-9(5-12-13)4-11-10(2,7-14)8-15/h5-6,11,14-15H,3-4,7-8H2,1-2H3. The molecule has 1 heterocycles. The van der Waals surface area contributed by atoms with E-state index in [-0.39, 0.29) is 13.2 Å². The van der Waals surface area contributed by atoms with Crippen LogP contribution in [0.5, 0.6) is 0 Å². The van der Waals surface area contributed by atoms with Crippen molar-refractivity contribution in [3.8, 4) is 0 Å². The predicted molar refractivity (Wildman–Crippen MR) is 57.3 cm³/mol. The van der Waals surface area contributed by atoms with Crippen molar-refractivity contribution < 1.29 is 10.2 Å². The Morgan fingerprint density at radius 3 is 2.60 bits per heavy atom. The van der Waals surface area contributed by atoms with Crippen LogP contribution in [0.25, 0.3) is 0 Å². The number of aliphatic hydroxyl groups is 2. The van der Waals surface area contributed by atoms with Gasteiger partial charge >= 0.3 is 0 Å². The summed E-state index contributed by atoms with van der Waals surface area (Å²) in [5, 5.41) is 25.4. The van der Waals surface area contributed by atoms with Gasteiger partial charge < -0.3 is 15.5 Å². The zero-order valence-corrected chi connectivity index (χ0v) is 9.27. The molecular weight excluding hydrogens is 194 g/mol. The van der Waals surface area contributed by atoms with Gasteiger partial charge in [0, 0.05) is 24.8 Å². The summed E-state index contributed by atoms with van der Waals surface area (Å²) in [5.74, 6) is 0. The Labute approximate surface area is 89.7 Å². The maximum Gasteiger partial charge on any atom is 0.0633 e. The van der Waals surface area contributed by atoms with E-state index < -0.39 is 5.54 Å². The molecule has 5 nitrogen and oxygen atoms in total. The van der Waals surface area contributed by atoms with Gasteiger partial charge in [-0.3, -0.25) is 4.68 Å². The number of hydrogen-bond acceptors (Lipinski definition) is 4. The van der Waals surface area contributed by atoms with Crippen LogP contribution in [0.3, 0.4) is 0 Å². The summed E-state index contributed by atoms with van der Waals surface area (Å²) in [7, 11) is 0. The third-order valence-electron chi connectivity index (χ3n) is 2.43. The van der Waals surface area contributed by atoms with Gasteiger partial charge in [0.25, 0.3) is 0 Å². The Hall–Kier alpha value is -0.910. The number of aryl methyl sites for hydroxylation is 1. The largest absolute Gasteiger partial charge is 0.394 e. The quantitative estimate of drug-likeness (QED) is 0.608. The highest BCUT2D eigenvalue weighted by atomic mass is 16.3. The fourth-order valence-corrected chi connectivity index (χ4v) is 1.15. The molecule has 0 aliphatic heterocycles. The van der Waals surface area contributed by atoms with Crippen LogP contribution in [0.4, 0.5) is 0 Å². The number of nitrogens with one attached hydrogen (secondary N) is 1. The fraction of sp³-hybridized carbons (Fsp3) is 0.700. The molecule has 0 aliphatic carbocycles. The summed E-state index contributed by atoms with van der Waals surface area (Å²) in [6, 6.07) is 0. The molecule has 0 bridgehead atoms. The van der Waals surface area contributed by atoms with Gasteiger partial charge in [0.15, 0.2) is 0 Å². The molecule has 1 aromatic heterocycles. The van der Waals surface area contributed by atoms with Crippen molar-refractivity contribution in [2.24, 2.45) is 0 Å². The van der Waals surface area contributed by atoms with Gasteiger partial charge in [0.1, 0.15) is 0 Å². The van der Waals surface area contributed by atoms with Crippen molar-refractivity contribution in [3.05, 3.63) is 18.0 Å². The van der Waals surface area contributed by atoms with Crippen LogP contribution in [-0.4, -0.2) is 38.7 Å². The summed E-state index contributed by atoms with van der Waals surface area (Å²) in [6.07, 6.45) is 3.73. The second-order valence-electron chi connectivity index (χ2n) is 3.93. The summed E-state index contributed by atoms with van der Waals surface area (Å²) in [4.78, 5) is 0. The highest BCUT2D eigenvalue weighted by molar-refractivity contribution is 5.04. The molecule has 0 radical (unpaired) electrons. The topological polar surface area (TPSA) is 70.3 Å². The third-order valence-corrected chi connectivity index (χ3v) is 2.43. The average molecular weight is 213 g/mol. The van der Waals surface area contributed by atoms with E-state index in [0.29, 0.717) is 6.54 Å². The van der Waals surface area contributed by atoms with Crippen molar-refractivity contribution >= 4 is 0 Å². The zero-order chi connectivity index (χ0) is 11.3. The highest BCUT2D eigenvalue weighted by Gasteiger charge is 2.21. The van der Waals surface area contributed by atoms with Crippen LogP contribution < -0.4 is 5.32 Å². The molecule has 1 aromatic rings. The lowest BCUT2D eigenvalue weighted by molar-refractivity contribution is 0.103. The molecule has 3 N–H and O–H groups in total. The molecule has 0 amide bonds. The van der Waals surface area contributed by atoms with Gasteiger partial charge in [-0.05, 0) is 13.8 Å². The molecule has 0 atom stereocenters. The lowest BCUT2D eigenvalue weighted by atomic mass is 10.1. The monoisotopic (exact) mass is 213 g/mol. The normalized spacial score (nSPS) is 12.0. The molecule has 0 spiro atoms. The van der Waals surface area contributed by atoms with Crippen LogP contribution in [0.15, 0.2) is 12.4 Å². The van der Waals surface area contributed by atoms with E-state index in [9.17, 15) is 0 Å². The van der Waals surface area contributed by atoms with Gasteiger partial charge in [-0.1, -0.05) is 0 Å². The Balaban J connectivity index is 2.49. The van der Waals surface area contributed by atoms with Crippen LogP contribution in [0.2, 0.25) is 0 Å². The maximum absolute atomic E-state index is 9.07. The average Bonchev–Trinajstić information content (AvgIpc) is 2.74. The third kappa shape index (κ3) is 3.30. The van der Waals surface area contributed by atoms with E-state index in [0.717, 1.165) is 12.1 Å². The van der Waals surface area contributed by atoms with Crippen LogP contribution in [-0.2, 0) is 13.1 Å². The number of aliphatic hydroxyl groups excluding tert-OH is 2. The lowest BCUT2D eigenvalue weighted by Crippen LogP contribution is -2.48. The van der Waals surface area contributed by atoms with Crippen LogP contribution in [0.1, 0.15) is 19.4 Å². The van der Waals surface area contributed by atoms with Crippen LogP contribution >= 0.6 is 0 Å². The fourth-order valence-electron chi connectivity index (χ4n) is 1.15. The molecule has 86 valence electrons. The van der Waals surface area contributed by atoms with Crippen LogP contribution in [0, 0.1) is 0 Å². The summed E-state index contributed by atoms with van der Waals surface area (Å²) in [5.41, 5.74) is 0.416. The van der Waals surface area contributed by atoms with E-state index in [4.69, 9.17) is 10.2 Å². The van der Waals surface area contributed by atoms with E-state index in [1.54, 1.807) is 13.1 Å². The number of rotatable bonds is 6. The van der Waals surface area contributed by atoms with E-state index in [1.807, 2.05) is 17.8 Å². The van der Waals surface area contributed by atoms with E-state index in [2.05, 4.69) is 10.4 Å². The van der Waals surface area contributed by atoms with E-state index in [1.165, 1.54) is 0 Å². The Bertz CT molecular complexity index is 295. The molecule has 15 heavy (non-hydrogen) atoms. The first-order valence-electron chi connectivity index (χ1n) is 5.11. The first-order chi connectivity index (χ1) is 7.13.